The Kier molecular flexibility index (Phi) is 2.17. The van der Waals surface area contributed by atoms with Gasteiger partial charge in [0.1, 0.15) is 4.88 Å². The van der Waals surface area contributed by atoms with E-state index < -0.39 is 5.97 Å². The minimum atomic E-state index is -0.867. The van der Waals surface area contributed by atoms with Crippen molar-refractivity contribution in [3.63, 3.8) is 0 Å². The predicted octanol–water partition coefficient (Wildman–Crippen LogP) is 3.23. The molecule has 96 valence electrons. The lowest BCUT2D eigenvalue weighted by Gasteiger charge is -2.11. The van der Waals surface area contributed by atoms with E-state index in [0.29, 0.717) is 4.88 Å². The van der Waals surface area contributed by atoms with Gasteiger partial charge in [-0.05, 0) is 31.2 Å². The van der Waals surface area contributed by atoms with Gasteiger partial charge in [-0.3, -0.25) is 4.40 Å². The zero-order valence-corrected chi connectivity index (χ0v) is 11.8. The van der Waals surface area contributed by atoms with Crippen LogP contribution >= 0.6 is 22.7 Å². The Hall–Kier alpha value is -1.66. The number of aromatic nitrogens is 2. The maximum atomic E-state index is 11.2. The Bertz CT molecular complexity index is 825. The molecule has 1 aliphatic rings. The molecule has 0 aromatic carbocycles. The van der Waals surface area contributed by atoms with Gasteiger partial charge < -0.3 is 5.11 Å². The van der Waals surface area contributed by atoms with Crippen LogP contribution in [0.2, 0.25) is 0 Å². The summed E-state index contributed by atoms with van der Waals surface area (Å²) >= 11 is 3.03. The highest BCUT2D eigenvalue weighted by Gasteiger charge is 2.26. The van der Waals surface area contributed by atoms with Crippen molar-refractivity contribution < 1.29 is 9.90 Å². The number of aryl methyl sites for hydroxylation is 3. The van der Waals surface area contributed by atoms with Crippen molar-refractivity contribution in [1.82, 2.24) is 9.38 Å². The fourth-order valence-corrected chi connectivity index (χ4v) is 4.60. The second kappa shape index (κ2) is 3.68. The number of aromatic carboxylic acids is 1. The third kappa shape index (κ3) is 1.38. The fraction of sp³-hybridized carbons (Fsp3) is 0.231. The van der Waals surface area contributed by atoms with Gasteiger partial charge in [-0.2, -0.15) is 0 Å². The highest BCUT2D eigenvalue weighted by molar-refractivity contribution is 7.19. The van der Waals surface area contributed by atoms with Crippen LogP contribution in [-0.2, 0) is 12.8 Å². The predicted molar refractivity (Wildman–Crippen MR) is 75.5 cm³/mol. The molecular weight excluding hydrogens is 280 g/mol. The Balaban J connectivity index is 2.05. The lowest BCUT2D eigenvalue weighted by Crippen LogP contribution is -2.05. The van der Waals surface area contributed by atoms with Crippen molar-refractivity contribution in [3.05, 3.63) is 32.6 Å². The minimum Gasteiger partial charge on any atom is -0.477 e. The molecule has 0 spiro atoms. The van der Waals surface area contributed by atoms with Crippen LogP contribution in [0.3, 0.4) is 0 Å². The summed E-state index contributed by atoms with van der Waals surface area (Å²) in [7, 11) is 0. The zero-order chi connectivity index (χ0) is 13.1. The van der Waals surface area contributed by atoms with Crippen LogP contribution in [0.1, 0.15) is 25.9 Å². The number of fused-ring (bicyclic) bond motifs is 5. The fourth-order valence-electron chi connectivity index (χ4n) is 2.73. The number of carboxylic acids is 1. The van der Waals surface area contributed by atoms with Gasteiger partial charge in [0, 0.05) is 16.1 Å². The molecule has 0 aliphatic heterocycles. The maximum Gasteiger partial charge on any atom is 0.347 e. The van der Waals surface area contributed by atoms with E-state index in [-0.39, 0.29) is 0 Å². The van der Waals surface area contributed by atoms with E-state index in [2.05, 4.69) is 16.4 Å². The number of carboxylic acid groups (broad SMARTS) is 1. The average Bonchev–Trinajstić information content (AvgIpc) is 3.02. The average molecular weight is 290 g/mol. The molecule has 19 heavy (non-hydrogen) atoms. The standard InChI is InChI=1S/C13H10N2O2S2/c1-6-11(12(16)17)19-13-14-10-7-4-5-18-9(7)3-2-8(10)15(6)13/h4-5H,2-3H2,1H3,(H,16,17). The van der Waals surface area contributed by atoms with Crippen LogP contribution in [0.15, 0.2) is 11.4 Å². The smallest absolute Gasteiger partial charge is 0.347 e. The molecule has 0 saturated carbocycles. The first kappa shape index (κ1) is 11.2. The van der Waals surface area contributed by atoms with Crippen molar-refractivity contribution in [1.29, 1.82) is 0 Å². The van der Waals surface area contributed by atoms with Gasteiger partial charge in [0.05, 0.1) is 11.4 Å². The molecular formula is C13H10N2O2S2. The van der Waals surface area contributed by atoms with Gasteiger partial charge in [-0.1, -0.05) is 11.3 Å². The van der Waals surface area contributed by atoms with Gasteiger partial charge in [-0.15, -0.1) is 11.3 Å². The minimum absolute atomic E-state index is 0.390. The lowest BCUT2D eigenvalue weighted by atomic mass is 10.00. The number of imidazole rings is 1. The van der Waals surface area contributed by atoms with Crippen LogP contribution in [-0.4, -0.2) is 20.5 Å². The molecule has 0 saturated heterocycles. The normalized spacial score (nSPS) is 13.5. The molecule has 3 heterocycles. The Morgan fingerprint density at radius 1 is 1.47 bits per heavy atom. The molecule has 0 unspecified atom stereocenters. The Morgan fingerprint density at radius 3 is 3.11 bits per heavy atom. The number of hydrogen-bond acceptors (Lipinski definition) is 4. The van der Waals surface area contributed by atoms with E-state index in [1.54, 1.807) is 11.3 Å². The van der Waals surface area contributed by atoms with Crippen molar-refractivity contribution in [2.24, 2.45) is 0 Å². The number of hydrogen-bond donors (Lipinski definition) is 1. The molecule has 0 fully saturated rings. The maximum absolute atomic E-state index is 11.2. The summed E-state index contributed by atoms with van der Waals surface area (Å²) in [6.45, 7) is 1.86. The van der Waals surface area contributed by atoms with E-state index in [1.165, 1.54) is 21.8 Å². The van der Waals surface area contributed by atoms with Crippen molar-refractivity contribution >= 4 is 33.6 Å². The van der Waals surface area contributed by atoms with Gasteiger partial charge in [0.25, 0.3) is 0 Å². The summed E-state index contributed by atoms with van der Waals surface area (Å²) in [5, 5.41) is 11.3. The summed E-state index contributed by atoms with van der Waals surface area (Å²) in [5.41, 5.74) is 4.20. The zero-order valence-electron chi connectivity index (χ0n) is 10.1. The van der Waals surface area contributed by atoms with Crippen LogP contribution in [0.4, 0.5) is 0 Å². The van der Waals surface area contributed by atoms with E-state index in [1.807, 2.05) is 11.3 Å². The summed E-state index contributed by atoms with van der Waals surface area (Å²) < 4.78 is 2.02. The van der Waals surface area contributed by atoms with E-state index in [4.69, 9.17) is 0 Å². The third-order valence-corrected chi connectivity index (χ3v) is 5.69. The Labute approximate surface area is 117 Å². The third-order valence-electron chi connectivity index (χ3n) is 3.58. The quantitative estimate of drug-likeness (QED) is 0.748. The van der Waals surface area contributed by atoms with Gasteiger partial charge in [0.15, 0.2) is 4.96 Å². The monoisotopic (exact) mass is 290 g/mol. The van der Waals surface area contributed by atoms with Crippen LogP contribution in [0.5, 0.6) is 0 Å². The van der Waals surface area contributed by atoms with Crippen molar-refractivity contribution in [2.45, 2.75) is 19.8 Å². The summed E-state index contributed by atoms with van der Waals surface area (Å²) in [4.78, 5) is 18.4. The van der Waals surface area contributed by atoms with Gasteiger partial charge in [-0.25, -0.2) is 9.78 Å². The molecule has 0 bridgehead atoms. The molecule has 0 radical (unpaired) electrons. The molecule has 4 nitrogen and oxygen atoms in total. The largest absolute Gasteiger partial charge is 0.477 e. The van der Waals surface area contributed by atoms with Crippen molar-refractivity contribution in [3.8, 4) is 11.3 Å². The number of thiazole rings is 1. The van der Waals surface area contributed by atoms with Crippen molar-refractivity contribution in [2.75, 3.05) is 0 Å². The second-order valence-electron chi connectivity index (χ2n) is 4.60. The molecule has 3 aromatic heterocycles. The molecule has 6 heteroatoms. The van der Waals surface area contributed by atoms with Gasteiger partial charge >= 0.3 is 5.97 Å². The first-order valence-corrected chi connectivity index (χ1v) is 7.67. The highest BCUT2D eigenvalue weighted by Crippen LogP contribution is 2.38. The first-order chi connectivity index (χ1) is 9.16. The molecule has 0 amide bonds. The topological polar surface area (TPSA) is 54.6 Å². The number of rotatable bonds is 1. The second-order valence-corrected chi connectivity index (χ2v) is 6.58. The Morgan fingerprint density at radius 2 is 2.32 bits per heavy atom. The molecule has 1 N–H and O–H groups in total. The number of carbonyl (C=O) groups is 1. The SMILES string of the molecule is Cc1c(C(=O)O)sc2nc3c(n12)CCc1sccc1-3. The summed E-state index contributed by atoms with van der Waals surface area (Å²) in [5.74, 6) is -0.867. The van der Waals surface area contributed by atoms with E-state index >= 15 is 0 Å². The number of thiophene rings is 1. The van der Waals surface area contributed by atoms with Crippen LogP contribution < -0.4 is 0 Å². The molecule has 3 aromatic rings. The molecule has 4 rings (SSSR count). The van der Waals surface area contributed by atoms with E-state index in [9.17, 15) is 9.90 Å². The molecule has 0 atom stereocenters. The van der Waals surface area contributed by atoms with Crippen LogP contribution in [0.25, 0.3) is 16.2 Å². The van der Waals surface area contributed by atoms with Crippen LogP contribution in [0, 0.1) is 6.92 Å². The lowest BCUT2D eigenvalue weighted by molar-refractivity contribution is 0.0701. The van der Waals surface area contributed by atoms with E-state index in [0.717, 1.165) is 34.9 Å². The first-order valence-electron chi connectivity index (χ1n) is 5.97. The summed E-state index contributed by atoms with van der Waals surface area (Å²) in [6.07, 6.45) is 1.95. The molecule has 1 aliphatic carbocycles. The summed E-state index contributed by atoms with van der Waals surface area (Å²) in [6, 6.07) is 2.11. The van der Waals surface area contributed by atoms with Gasteiger partial charge in [0.2, 0.25) is 0 Å². The number of nitrogens with zero attached hydrogens (tertiary/aromatic N) is 2. The highest BCUT2D eigenvalue weighted by atomic mass is 32.1.